The first-order valence-electron chi connectivity index (χ1n) is 10.5. The Morgan fingerprint density at radius 2 is 1.73 bits per heavy atom. The zero-order chi connectivity index (χ0) is 24.0. The van der Waals surface area contributed by atoms with Crippen molar-refractivity contribution in [2.45, 2.75) is 31.4 Å². The number of hydrogen-bond acceptors (Lipinski definition) is 4. The number of thioether (sulfide) groups is 1. The Morgan fingerprint density at radius 1 is 0.970 bits per heavy atom. The van der Waals surface area contributed by atoms with E-state index in [2.05, 4.69) is 29.1 Å². The Kier molecular flexibility index (Phi) is 8.46. The monoisotopic (exact) mass is 502 g/mol. The number of carbonyl (C=O) groups is 1. The third-order valence-electron chi connectivity index (χ3n) is 5.17. The highest BCUT2D eigenvalue weighted by Gasteiger charge is 2.21. The van der Waals surface area contributed by atoms with Gasteiger partial charge in [0.15, 0.2) is 0 Å². The number of benzene rings is 3. The van der Waals surface area contributed by atoms with E-state index in [1.807, 2.05) is 38.1 Å². The summed E-state index contributed by atoms with van der Waals surface area (Å²) in [6.45, 7) is 6.26. The lowest BCUT2D eigenvalue weighted by Crippen LogP contribution is -2.26. The van der Waals surface area contributed by atoms with Gasteiger partial charge < -0.3 is 5.32 Å². The van der Waals surface area contributed by atoms with Crippen LogP contribution >= 0.6 is 23.4 Å². The second-order valence-corrected chi connectivity index (χ2v) is 11.0. The smallest absolute Gasteiger partial charge is 0.263 e. The summed E-state index contributed by atoms with van der Waals surface area (Å²) in [7, 11) is -3.97. The average molecular weight is 503 g/mol. The number of anilines is 1. The van der Waals surface area contributed by atoms with E-state index >= 15 is 0 Å². The zero-order valence-corrected chi connectivity index (χ0v) is 21.2. The Morgan fingerprint density at radius 3 is 2.48 bits per heavy atom. The fourth-order valence-electron chi connectivity index (χ4n) is 3.19. The topological polar surface area (TPSA) is 75.3 Å². The molecule has 3 rings (SSSR count). The van der Waals surface area contributed by atoms with Crippen molar-refractivity contribution in [3.05, 3.63) is 93.5 Å². The van der Waals surface area contributed by atoms with Gasteiger partial charge >= 0.3 is 0 Å². The van der Waals surface area contributed by atoms with Gasteiger partial charge in [-0.25, -0.2) is 8.42 Å². The molecule has 33 heavy (non-hydrogen) atoms. The number of aryl methyl sites for hydroxylation is 3. The molecule has 0 spiro atoms. The van der Waals surface area contributed by atoms with Gasteiger partial charge in [-0.2, -0.15) is 11.8 Å². The van der Waals surface area contributed by atoms with Crippen LogP contribution in [0.1, 0.15) is 32.6 Å². The van der Waals surface area contributed by atoms with Gasteiger partial charge in [-0.15, -0.1) is 0 Å². The highest BCUT2D eigenvalue weighted by molar-refractivity contribution is 7.98. The molecule has 0 unspecified atom stereocenters. The van der Waals surface area contributed by atoms with Crippen LogP contribution < -0.4 is 10.0 Å². The van der Waals surface area contributed by atoms with Crippen LogP contribution in [0.5, 0.6) is 0 Å². The van der Waals surface area contributed by atoms with Crippen molar-refractivity contribution in [3.63, 3.8) is 0 Å². The first-order valence-corrected chi connectivity index (χ1v) is 13.5. The van der Waals surface area contributed by atoms with Gasteiger partial charge in [-0.1, -0.05) is 48.0 Å². The van der Waals surface area contributed by atoms with Gasteiger partial charge in [-0.05, 0) is 67.3 Å². The Hall–Kier alpha value is -2.48. The normalized spacial score (nSPS) is 11.3. The Balaban J connectivity index is 1.63. The molecule has 0 heterocycles. The summed E-state index contributed by atoms with van der Waals surface area (Å²) in [5, 5.41) is 2.90. The summed E-state index contributed by atoms with van der Waals surface area (Å²) in [4.78, 5) is 12.5. The summed E-state index contributed by atoms with van der Waals surface area (Å²) in [6.07, 6.45) is 0. The standard InChI is InChI=1S/C25H27ClN2O3S2/c1-17-8-9-19(3)23(14-17)28-33(30,31)24-15-20(10-11-22(24)26)25(29)27-12-13-32-16-21-7-5-4-6-18(21)2/h4-11,14-15,28H,12-13,16H2,1-3H3,(H,27,29). The van der Waals surface area contributed by atoms with Gasteiger partial charge in [0.1, 0.15) is 4.90 Å². The number of nitrogens with one attached hydrogen (secondary N) is 2. The number of carbonyl (C=O) groups excluding carboxylic acids is 1. The lowest BCUT2D eigenvalue weighted by molar-refractivity contribution is 0.0956. The van der Waals surface area contributed by atoms with E-state index in [0.29, 0.717) is 12.2 Å². The molecule has 0 fully saturated rings. The molecule has 5 nitrogen and oxygen atoms in total. The quantitative estimate of drug-likeness (QED) is 0.366. The maximum absolute atomic E-state index is 13.0. The zero-order valence-electron chi connectivity index (χ0n) is 18.8. The predicted octanol–water partition coefficient (Wildman–Crippen LogP) is 5.73. The second kappa shape index (κ2) is 11.1. The van der Waals surface area contributed by atoms with E-state index in [1.165, 1.54) is 29.3 Å². The van der Waals surface area contributed by atoms with Crippen LogP contribution in [-0.4, -0.2) is 26.6 Å². The van der Waals surface area contributed by atoms with Gasteiger partial charge in [0, 0.05) is 23.6 Å². The van der Waals surface area contributed by atoms with Crippen LogP contribution in [-0.2, 0) is 15.8 Å². The molecule has 3 aromatic carbocycles. The number of hydrogen-bond donors (Lipinski definition) is 2. The van der Waals surface area contributed by atoms with Gasteiger partial charge in [0.2, 0.25) is 0 Å². The van der Waals surface area contributed by atoms with E-state index < -0.39 is 10.0 Å². The molecule has 0 bridgehead atoms. The van der Waals surface area contributed by atoms with Crippen molar-refractivity contribution in [1.82, 2.24) is 5.32 Å². The molecular weight excluding hydrogens is 476 g/mol. The molecule has 2 N–H and O–H groups in total. The summed E-state index contributed by atoms with van der Waals surface area (Å²) < 4.78 is 28.6. The van der Waals surface area contributed by atoms with E-state index in [1.54, 1.807) is 17.8 Å². The average Bonchev–Trinajstić information content (AvgIpc) is 2.77. The molecule has 1 amide bonds. The van der Waals surface area contributed by atoms with Crippen LogP contribution in [0.4, 0.5) is 5.69 Å². The molecule has 0 aromatic heterocycles. The van der Waals surface area contributed by atoms with Crippen LogP contribution in [0.3, 0.4) is 0 Å². The summed E-state index contributed by atoms with van der Waals surface area (Å²) in [5.74, 6) is 1.27. The fourth-order valence-corrected chi connectivity index (χ4v) is 5.77. The maximum atomic E-state index is 13.0. The Labute approximate surface area is 205 Å². The molecule has 0 saturated carbocycles. The summed E-state index contributed by atoms with van der Waals surface area (Å²) in [5.41, 5.74) is 4.96. The van der Waals surface area contributed by atoms with Crippen molar-refractivity contribution in [2.75, 3.05) is 17.0 Å². The number of halogens is 1. The minimum atomic E-state index is -3.97. The SMILES string of the molecule is Cc1ccc(C)c(NS(=O)(=O)c2cc(C(=O)NCCSCc3ccccc3C)ccc2Cl)c1. The highest BCUT2D eigenvalue weighted by Crippen LogP contribution is 2.27. The molecule has 8 heteroatoms. The third-order valence-corrected chi connectivity index (χ3v) is 8.03. The molecule has 0 aliphatic rings. The lowest BCUT2D eigenvalue weighted by Gasteiger charge is -2.13. The first kappa shape index (κ1) is 25.1. The number of sulfonamides is 1. The molecule has 0 aliphatic heterocycles. The molecular formula is C25H27ClN2O3S2. The number of rotatable bonds is 9. The van der Waals surface area contributed by atoms with Gasteiger partial charge in [0.25, 0.3) is 15.9 Å². The first-order chi connectivity index (χ1) is 15.7. The Bertz CT molecular complexity index is 1260. The van der Waals surface area contributed by atoms with Crippen LogP contribution in [0.2, 0.25) is 5.02 Å². The fraction of sp³-hybridized carbons (Fsp3) is 0.240. The van der Waals surface area contributed by atoms with Crippen molar-refractivity contribution >= 4 is 45.0 Å². The van der Waals surface area contributed by atoms with Crippen molar-refractivity contribution < 1.29 is 13.2 Å². The van der Waals surface area contributed by atoms with Crippen molar-refractivity contribution in [1.29, 1.82) is 0 Å². The molecule has 0 atom stereocenters. The van der Waals surface area contributed by atoms with Crippen LogP contribution in [0.25, 0.3) is 0 Å². The van der Waals surface area contributed by atoms with Crippen molar-refractivity contribution in [2.24, 2.45) is 0 Å². The van der Waals surface area contributed by atoms with Gasteiger partial charge in [0.05, 0.1) is 10.7 Å². The second-order valence-electron chi connectivity index (χ2n) is 7.80. The number of amides is 1. The minimum Gasteiger partial charge on any atom is -0.351 e. The lowest BCUT2D eigenvalue weighted by atomic mass is 10.1. The minimum absolute atomic E-state index is 0.0538. The predicted molar refractivity (Wildman–Crippen MR) is 138 cm³/mol. The molecule has 0 radical (unpaired) electrons. The van der Waals surface area contributed by atoms with Crippen LogP contribution in [0.15, 0.2) is 65.6 Å². The molecule has 0 saturated heterocycles. The summed E-state index contributed by atoms with van der Waals surface area (Å²) >= 11 is 7.91. The highest BCUT2D eigenvalue weighted by atomic mass is 35.5. The molecule has 3 aromatic rings. The summed E-state index contributed by atoms with van der Waals surface area (Å²) in [6, 6.07) is 18.0. The largest absolute Gasteiger partial charge is 0.351 e. The maximum Gasteiger partial charge on any atom is 0.263 e. The van der Waals surface area contributed by atoms with Crippen LogP contribution in [0, 0.1) is 20.8 Å². The van der Waals surface area contributed by atoms with E-state index in [-0.39, 0.29) is 21.4 Å². The third kappa shape index (κ3) is 6.76. The van der Waals surface area contributed by atoms with Gasteiger partial charge in [-0.3, -0.25) is 9.52 Å². The van der Waals surface area contributed by atoms with E-state index in [0.717, 1.165) is 22.6 Å². The van der Waals surface area contributed by atoms with E-state index in [9.17, 15) is 13.2 Å². The van der Waals surface area contributed by atoms with E-state index in [4.69, 9.17) is 11.6 Å². The molecule has 174 valence electrons. The van der Waals surface area contributed by atoms with Crippen molar-refractivity contribution in [3.8, 4) is 0 Å². The molecule has 0 aliphatic carbocycles.